The van der Waals surface area contributed by atoms with Crippen LogP contribution in [-0.4, -0.2) is 23.0 Å². The molecular weight excluding hydrogens is 374 g/mol. The van der Waals surface area contributed by atoms with Crippen LogP contribution in [0.1, 0.15) is 33.6 Å². The maximum absolute atomic E-state index is 13.3. The molecule has 2 aromatic heterocycles. The maximum atomic E-state index is 13.3. The van der Waals surface area contributed by atoms with Crippen LogP contribution < -0.4 is 15.4 Å². The highest BCUT2D eigenvalue weighted by Crippen LogP contribution is 2.38. The van der Waals surface area contributed by atoms with E-state index < -0.39 is 0 Å². The summed E-state index contributed by atoms with van der Waals surface area (Å²) >= 11 is 1.71. The first-order chi connectivity index (χ1) is 13.7. The largest absolute Gasteiger partial charge is 0.482 e. The second-order valence-corrected chi connectivity index (χ2v) is 8.07. The smallest absolute Gasteiger partial charge is 0.262 e. The lowest BCUT2D eigenvalue weighted by atomic mass is 9.95. The van der Waals surface area contributed by atoms with Gasteiger partial charge in [-0.25, -0.2) is 0 Å². The zero-order chi connectivity index (χ0) is 19.1. The number of carbonyl (C=O) groups excluding carboxylic acids is 2. The summed E-state index contributed by atoms with van der Waals surface area (Å²) in [5, 5.41) is 6.75. The number of hydrogen-bond donors (Lipinski definition) is 2. The Morgan fingerprint density at radius 2 is 2.00 bits per heavy atom. The number of amides is 2. The summed E-state index contributed by atoms with van der Waals surface area (Å²) in [4.78, 5) is 26.1. The summed E-state index contributed by atoms with van der Waals surface area (Å²) in [7, 11) is 0. The maximum Gasteiger partial charge on any atom is 0.262 e. The fourth-order valence-corrected chi connectivity index (χ4v) is 5.14. The average Bonchev–Trinajstić information content (AvgIpc) is 3.35. The van der Waals surface area contributed by atoms with Crippen molar-refractivity contribution >= 4 is 34.5 Å². The molecule has 0 saturated heterocycles. The molecule has 3 heterocycles. The minimum atomic E-state index is -0.197. The van der Waals surface area contributed by atoms with Gasteiger partial charge in [0.05, 0.1) is 11.3 Å². The average molecular weight is 393 g/mol. The number of nitrogens with one attached hydrogen (secondary N) is 2. The molecule has 2 aliphatic rings. The predicted molar refractivity (Wildman–Crippen MR) is 109 cm³/mol. The Kier molecular flexibility index (Phi) is 4.16. The summed E-state index contributed by atoms with van der Waals surface area (Å²) < 4.78 is 7.40. The van der Waals surface area contributed by atoms with Crippen molar-refractivity contribution in [2.24, 2.45) is 0 Å². The number of rotatable bonds is 3. The highest BCUT2D eigenvalue weighted by molar-refractivity contribution is 7.15. The Hall–Kier alpha value is -3.06. The van der Waals surface area contributed by atoms with Gasteiger partial charge in [0, 0.05) is 23.0 Å². The van der Waals surface area contributed by atoms with Crippen LogP contribution in [0.5, 0.6) is 5.75 Å². The van der Waals surface area contributed by atoms with Gasteiger partial charge >= 0.3 is 0 Å². The van der Waals surface area contributed by atoms with E-state index in [9.17, 15) is 9.59 Å². The third-order valence-electron chi connectivity index (χ3n) is 5.09. The van der Waals surface area contributed by atoms with E-state index in [1.807, 2.05) is 29.1 Å². The second-order valence-electron chi connectivity index (χ2n) is 6.98. The molecule has 1 aliphatic carbocycles. The monoisotopic (exact) mass is 393 g/mol. The quantitative estimate of drug-likeness (QED) is 0.706. The lowest BCUT2D eigenvalue weighted by Gasteiger charge is -2.19. The Morgan fingerprint density at radius 3 is 2.86 bits per heavy atom. The van der Waals surface area contributed by atoms with Gasteiger partial charge in [0.25, 0.3) is 11.8 Å². The molecule has 0 unspecified atom stereocenters. The number of anilines is 2. The van der Waals surface area contributed by atoms with Gasteiger partial charge in [0.15, 0.2) is 6.61 Å². The van der Waals surface area contributed by atoms with Gasteiger partial charge < -0.3 is 19.9 Å². The minimum absolute atomic E-state index is 0.0139. The molecule has 7 heteroatoms. The van der Waals surface area contributed by atoms with Gasteiger partial charge in [0.2, 0.25) is 0 Å². The van der Waals surface area contributed by atoms with E-state index in [-0.39, 0.29) is 18.4 Å². The number of aryl methyl sites for hydroxylation is 1. The molecule has 0 radical (unpaired) electrons. The highest BCUT2D eigenvalue weighted by Gasteiger charge is 2.26. The van der Waals surface area contributed by atoms with Gasteiger partial charge in [-0.15, -0.1) is 11.3 Å². The molecule has 0 atom stereocenters. The Balaban J connectivity index is 1.50. The number of nitrogens with zero attached hydrogens (tertiary/aromatic N) is 1. The van der Waals surface area contributed by atoms with Crippen molar-refractivity contribution in [2.75, 3.05) is 17.2 Å². The second kappa shape index (κ2) is 6.83. The molecule has 0 fully saturated rings. The minimum Gasteiger partial charge on any atom is -0.482 e. The zero-order valence-corrected chi connectivity index (χ0v) is 16.0. The Morgan fingerprint density at radius 1 is 1.18 bits per heavy atom. The summed E-state index contributed by atoms with van der Waals surface area (Å²) in [5.41, 5.74) is 3.14. The molecule has 28 heavy (non-hydrogen) atoms. The summed E-state index contributed by atoms with van der Waals surface area (Å²) in [6.45, 7) is 0.0139. The first-order valence-corrected chi connectivity index (χ1v) is 10.2. The molecule has 142 valence electrons. The van der Waals surface area contributed by atoms with Gasteiger partial charge in [0.1, 0.15) is 10.8 Å². The van der Waals surface area contributed by atoms with Gasteiger partial charge in [-0.2, -0.15) is 0 Å². The molecule has 0 bridgehead atoms. The summed E-state index contributed by atoms with van der Waals surface area (Å²) in [6, 6.07) is 9.22. The fourth-order valence-electron chi connectivity index (χ4n) is 3.79. The number of thiophene rings is 1. The first kappa shape index (κ1) is 17.1. The van der Waals surface area contributed by atoms with Crippen molar-refractivity contribution in [3.63, 3.8) is 0 Å². The van der Waals surface area contributed by atoms with Gasteiger partial charge in [-0.3, -0.25) is 9.59 Å². The van der Waals surface area contributed by atoms with Crippen molar-refractivity contribution in [1.82, 2.24) is 4.57 Å². The molecule has 5 rings (SSSR count). The number of aromatic nitrogens is 1. The molecule has 2 amide bonds. The molecule has 0 saturated carbocycles. The first-order valence-electron chi connectivity index (χ1n) is 9.35. The van der Waals surface area contributed by atoms with Crippen molar-refractivity contribution in [2.45, 2.75) is 25.7 Å². The van der Waals surface area contributed by atoms with Crippen LogP contribution in [0.25, 0.3) is 5.00 Å². The number of carbonyl (C=O) groups is 2. The zero-order valence-electron chi connectivity index (χ0n) is 15.2. The van der Waals surface area contributed by atoms with Crippen LogP contribution in [0.3, 0.4) is 0 Å². The van der Waals surface area contributed by atoms with Crippen LogP contribution in [0.4, 0.5) is 11.4 Å². The Labute approximate surface area is 166 Å². The normalized spacial score (nSPS) is 15.2. The standard InChI is InChI=1S/C21H19N3O3S/c25-18-12-27-16-8-7-13(11-15(16)23-18)22-20(26)19-14-5-1-2-6-17(14)28-21(19)24-9-3-4-10-24/h3-4,7-11H,1-2,5-6,12H2,(H,22,26)(H,23,25). The molecule has 3 aromatic rings. The van der Waals surface area contributed by atoms with Gasteiger partial charge in [-0.05, 0) is 61.6 Å². The number of ether oxygens (including phenoxy) is 1. The van der Waals surface area contributed by atoms with Gasteiger partial charge in [-0.1, -0.05) is 0 Å². The van der Waals surface area contributed by atoms with Crippen molar-refractivity contribution < 1.29 is 14.3 Å². The molecule has 0 spiro atoms. The third kappa shape index (κ3) is 2.97. The summed E-state index contributed by atoms with van der Waals surface area (Å²) in [5.74, 6) is 0.294. The third-order valence-corrected chi connectivity index (χ3v) is 6.39. The van der Waals surface area contributed by atoms with Crippen LogP contribution in [0.2, 0.25) is 0 Å². The molecule has 1 aromatic carbocycles. The van der Waals surface area contributed by atoms with Crippen LogP contribution >= 0.6 is 11.3 Å². The highest BCUT2D eigenvalue weighted by atomic mass is 32.1. The topological polar surface area (TPSA) is 72.4 Å². The van der Waals surface area contributed by atoms with Crippen molar-refractivity contribution in [3.05, 3.63) is 58.7 Å². The van der Waals surface area contributed by atoms with Crippen LogP contribution in [-0.2, 0) is 17.6 Å². The predicted octanol–water partition coefficient (Wildman–Crippen LogP) is 4.00. The lowest BCUT2D eigenvalue weighted by molar-refractivity contribution is -0.118. The van der Waals surface area contributed by atoms with Crippen molar-refractivity contribution in [3.8, 4) is 10.8 Å². The number of hydrogen-bond acceptors (Lipinski definition) is 4. The van der Waals surface area contributed by atoms with E-state index in [4.69, 9.17) is 4.74 Å². The van der Waals surface area contributed by atoms with E-state index in [0.717, 1.165) is 29.8 Å². The molecule has 1 aliphatic heterocycles. The molecule has 2 N–H and O–H groups in total. The number of fused-ring (bicyclic) bond motifs is 2. The van der Waals surface area contributed by atoms with E-state index in [2.05, 4.69) is 10.6 Å². The van der Waals surface area contributed by atoms with E-state index >= 15 is 0 Å². The lowest BCUT2D eigenvalue weighted by Crippen LogP contribution is -2.25. The van der Waals surface area contributed by atoms with E-state index in [0.29, 0.717) is 17.1 Å². The van der Waals surface area contributed by atoms with Crippen molar-refractivity contribution in [1.29, 1.82) is 0 Å². The summed E-state index contributed by atoms with van der Waals surface area (Å²) in [6.07, 6.45) is 8.19. The Bertz CT molecular complexity index is 1070. The molecular formula is C21H19N3O3S. The van der Waals surface area contributed by atoms with Crippen LogP contribution in [0, 0.1) is 0 Å². The van der Waals surface area contributed by atoms with E-state index in [1.54, 1.807) is 29.5 Å². The number of benzene rings is 1. The SMILES string of the molecule is O=C1COc2ccc(NC(=O)c3c(-n4cccc4)sc4c3CCCC4)cc2N1. The van der Waals surface area contributed by atoms with E-state index in [1.165, 1.54) is 16.9 Å². The molecule has 6 nitrogen and oxygen atoms in total. The fraction of sp³-hybridized carbons (Fsp3) is 0.238. The van der Waals surface area contributed by atoms with Crippen LogP contribution in [0.15, 0.2) is 42.7 Å².